The van der Waals surface area contributed by atoms with Gasteiger partial charge in [-0.2, -0.15) is 0 Å². The van der Waals surface area contributed by atoms with Crippen molar-refractivity contribution in [3.63, 3.8) is 0 Å². The summed E-state index contributed by atoms with van der Waals surface area (Å²) in [5.74, 6) is -1.06. The maximum atomic E-state index is 13.3. The summed E-state index contributed by atoms with van der Waals surface area (Å²) in [7, 11) is 1.55. The van der Waals surface area contributed by atoms with Crippen LogP contribution in [0.2, 0.25) is 0 Å². The minimum atomic E-state index is -0.825. The number of methoxy groups -OCH3 is 1. The molecule has 5 heteroatoms. The van der Waals surface area contributed by atoms with Crippen LogP contribution in [0.5, 0.6) is 5.75 Å². The number of para-hydroxylation sites is 1. The molecule has 4 rings (SSSR count). The molecule has 1 aliphatic heterocycles. The number of hydrogen-bond donors (Lipinski definition) is 1. The molecule has 3 aromatic rings. The van der Waals surface area contributed by atoms with E-state index in [0.717, 1.165) is 23.1 Å². The minimum absolute atomic E-state index is 0.0481. The van der Waals surface area contributed by atoms with Gasteiger partial charge < -0.3 is 9.84 Å². The summed E-state index contributed by atoms with van der Waals surface area (Å²) in [5, 5.41) is 11.3. The number of aryl methyl sites for hydroxylation is 3. The highest BCUT2D eigenvalue weighted by atomic mass is 16.5. The number of carbonyl (C=O) groups is 2. The van der Waals surface area contributed by atoms with E-state index in [-0.39, 0.29) is 11.3 Å². The fraction of sp³-hybridized carbons (Fsp3) is 0.214. The Kier molecular flexibility index (Phi) is 6.05. The summed E-state index contributed by atoms with van der Waals surface area (Å²) in [6, 6.07) is 19.4. The van der Waals surface area contributed by atoms with Gasteiger partial charge in [-0.1, -0.05) is 55.5 Å². The molecule has 1 N–H and O–H groups in total. The van der Waals surface area contributed by atoms with Crippen LogP contribution in [0.3, 0.4) is 0 Å². The van der Waals surface area contributed by atoms with Gasteiger partial charge in [0.2, 0.25) is 0 Å². The van der Waals surface area contributed by atoms with Crippen LogP contribution in [0.1, 0.15) is 40.8 Å². The summed E-state index contributed by atoms with van der Waals surface area (Å²) in [6.45, 7) is 6.00. The molecule has 1 saturated heterocycles. The van der Waals surface area contributed by atoms with Crippen molar-refractivity contribution in [2.24, 2.45) is 0 Å². The van der Waals surface area contributed by atoms with E-state index in [2.05, 4.69) is 0 Å². The molecule has 168 valence electrons. The Hall–Kier alpha value is -3.86. The number of amides is 1. The van der Waals surface area contributed by atoms with E-state index in [9.17, 15) is 14.7 Å². The maximum Gasteiger partial charge on any atom is 0.300 e. The van der Waals surface area contributed by atoms with Gasteiger partial charge in [0.05, 0.1) is 18.7 Å². The van der Waals surface area contributed by atoms with E-state index in [1.165, 1.54) is 4.90 Å². The van der Waals surface area contributed by atoms with Crippen LogP contribution in [0.4, 0.5) is 5.69 Å². The number of aliphatic hydroxyl groups is 1. The number of rotatable bonds is 5. The molecule has 0 bridgehead atoms. The Bertz CT molecular complexity index is 1260. The molecule has 1 unspecified atom stereocenters. The number of anilines is 1. The van der Waals surface area contributed by atoms with Crippen molar-refractivity contribution < 1.29 is 19.4 Å². The molecule has 0 saturated carbocycles. The van der Waals surface area contributed by atoms with Gasteiger partial charge in [0, 0.05) is 16.8 Å². The monoisotopic (exact) mass is 441 g/mol. The van der Waals surface area contributed by atoms with Crippen LogP contribution < -0.4 is 9.64 Å². The van der Waals surface area contributed by atoms with Gasteiger partial charge in [-0.15, -0.1) is 0 Å². The summed E-state index contributed by atoms with van der Waals surface area (Å²) >= 11 is 0. The molecule has 1 heterocycles. The van der Waals surface area contributed by atoms with Gasteiger partial charge in [-0.25, -0.2) is 0 Å². The molecule has 33 heavy (non-hydrogen) atoms. The van der Waals surface area contributed by atoms with E-state index < -0.39 is 17.7 Å². The Morgan fingerprint density at radius 2 is 1.67 bits per heavy atom. The third-order valence-electron chi connectivity index (χ3n) is 6.28. The standard InChI is InChI=1S/C28H27NO4/c1-5-19-11-13-20(14-12-19)26(30)24-25(22-8-6-7-9-23(22)33-4)29(28(32)27(24)31)21-15-10-17(2)18(3)16-21/h6-16,25,30H,5H2,1-4H3/b26-24+. The van der Waals surface area contributed by atoms with Gasteiger partial charge in [0.25, 0.3) is 11.7 Å². The normalized spacial score (nSPS) is 17.5. The smallest absolute Gasteiger partial charge is 0.300 e. The van der Waals surface area contributed by atoms with E-state index in [1.54, 1.807) is 25.3 Å². The Labute approximate surface area is 193 Å². The first-order valence-corrected chi connectivity index (χ1v) is 11.0. The topological polar surface area (TPSA) is 66.8 Å². The van der Waals surface area contributed by atoms with Gasteiger partial charge in [-0.3, -0.25) is 14.5 Å². The SMILES string of the molecule is CCc1ccc(/C(O)=C2\C(=O)C(=O)N(c3ccc(C)c(C)c3)C2c2ccccc2OC)cc1. The molecule has 1 atom stereocenters. The van der Waals surface area contributed by atoms with E-state index in [1.807, 2.05) is 69.3 Å². The molecular weight excluding hydrogens is 414 g/mol. The van der Waals surface area contributed by atoms with Gasteiger partial charge in [0.1, 0.15) is 11.5 Å². The average molecular weight is 442 g/mol. The van der Waals surface area contributed by atoms with E-state index in [4.69, 9.17) is 4.74 Å². The third kappa shape index (κ3) is 3.91. The Morgan fingerprint density at radius 3 is 2.30 bits per heavy atom. The highest BCUT2D eigenvalue weighted by Gasteiger charge is 2.47. The summed E-state index contributed by atoms with van der Waals surface area (Å²) in [6.07, 6.45) is 0.861. The van der Waals surface area contributed by atoms with Crippen molar-refractivity contribution in [2.45, 2.75) is 33.2 Å². The van der Waals surface area contributed by atoms with Crippen molar-refractivity contribution in [3.05, 3.63) is 100 Å². The lowest BCUT2D eigenvalue weighted by Crippen LogP contribution is -2.29. The van der Waals surface area contributed by atoms with Crippen LogP contribution in [0.25, 0.3) is 5.76 Å². The highest BCUT2D eigenvalue weighted by molar-refractivity contribution is 6.51. The summed E-state index contributed by atoms with van der Waals surface area (Å²) in [5.41, 5.74) is 4.96. The number of ether oxygens (including phenoxy) is 1. The second kappa shape index (κ2) is 8.94. The van der Waals surface area contributed by atoms with Crippen LogP contribution >= 0.6 is 0 Å². The van der Waals surface area contributed by atoms with Crippen LogP contribution in [-0.2, 0) is 16.0 Å². The zero-order valence-corrected chi connectivity index (χ0v) is 19.3. The first-order valence-electron chi connectivity index (χ1n) is 11.0. The van der Waals surface area contributed by atoms with E-state index >= 15 is 0 Å². The van der Waals surface area contributed by atoms with Crippen LogP contribution in [0, 0.1) is 13.8 Å². The molecule has 0 aliphatic carbocycles. The van der Waals surface area contributed by atoms with Crippen molar-refractivity contribution in [2.75, 3.05) is 12.0 Å². The van der Waals surface area contributed by atoms with Gasteiger partial charge >= 0.3 is 0 Å². The number of benzene rings is 3. The van der Waals surface area contributed by atoms with Crippen molar-refractivity contribution in [1.82, 2.24) is 0 Å². The molecule has 0 aromatic heterocycles. The average Bonchev–Trinajstić information content (AvgIpc) is 3.10. The lowest BCUT2D eigenvalue weighted by Gasteiger charge is -2.27. The summed E-state index contributed by atoms with van der Waals surface area (Å²) < 4.78 is 5.57. The zero-order chi connectivity index (χ0) is 23.7. The quantitative estimate of drug-likeness (QED) is 0.322. The predicted molar refractivity (Wildman–Crippen MR) is 130 cm³/mol. The Morgan fingerprint density at radius 1 is 0.970 bits per heavy atom. The number of hydrogen-bond acceptors (Lipinski definition) is 4. The lowest BCUT2D eigenvalue weighted by molar-refractivity contribution is -0.132. The zero-order valence-electron chi connectivity index (χ0n) is 19.3. The molecule has 1 fully saturated rings. The highest BCUT2D eigenvalue weighted by Crippen LogP contribution is 2.45. The number of nitrogens with zero attached hydrogens (tertiary/aromatic N) is 1. The minimum Gasteiger partial charge on any atom is -0.507 e. The number of aliphatic hydroxyl groups excluding tert-OH is 1. The number of Topliss-reactive ketones (excluding diaryl/α,β-unsaturated/α-hetero) is 1. The molecule has 0 spiro atoms. The predicted octanol–water partition coefficient (Wildman–Crippen LogP) is 5.50. The van der Waals surface area contributed by atoms with E-state index in [0.29, 0.717) is 22.6 Å². The molecule has 1 amide bonds. The summed E-state index contributed by atoms with van der Waals surface area (Å²) in [4.78, 5) is 28.1. The van der Waals surface area contributed by atoms with Crippen LogP contribution in [-0.4, -0.2) is 23.9 Å². The van der Waals surface area contributed by atoms with Crippen molar-refractivity contribution in [1.29, 1.82) is 0 Å². The first-order chi connectivity index (χ1) is 15.9. The largest absolute Gasteiger partial charge is 0.507 e. The Balaban J connectivity index is 1.97. The molecule has 0 radical (unpaired) electrons. The van der Waals surface area contributed by atoms with Crippen LogP contribution in [0.15, 0.2) is 72.3 Å². The maximum absolute atomic E-state index is 13.3. The number of ketones is 1. The fourth-order valence-electron chi connectivity index (χ4n) is 4.21. The van der Waals surface area contributed by atoms with Crippen molar-refractivity contribution >= 4 is 23.1 Å². The van der Waals surface area contributed by atoms with Crippen molar-refractivity contribution in [3.8, 4) is 5.75 Å². The molecular formula is C28H27NO4. The van der Waals surface area contributed by atoms with Gasteiger partial charge in [-0.05, 0) is 55.2 Å². The fourth-order valence-corrected chi connectivity index (χ4v) is 4.21. The van der Waals surface area contributed by atoms with Gasteiger partial charge in [0.15, 0.2) is 0 Å². The second-order valence-corrected chi connectivity index (χ2v) is 8.23. The lowest BCUT2D eigenvalue weighted by atomic mass is 9.94. The first kappa shape index (κ1) is 22.3. The molecule has 1 aliphatic rings. The molecule has 5 nitrogen and oxygen atoms in total. The second-order valence-electron chi connectivity index (χ2n) is 8.23. The molecule has 3 aromatic carbocycles. The number of carbonyl (C=O) groups excluding carboxylic acids is 2. The third-order valence-corrected chi connectivity index (χ3v) is 6.28.